The number of amides is 1. The largest absolute Gasteiger partial charge is 0.378 e. The number of amidine groups is 1. The van der Waals surface area contributed by atoms with E-state index in [9.17, 15) is 4.79 Å². The highest BCUT2D eigenvalue weighted by Gasteiger charge is 2.29. The zero-order chi connectivity index (χ0) is 20.2. The molecule has 29 heavy (non-hydrogen) atoms. The highest BCUT2D eigenvalue weighted by molar-refractivity contribution is 8.18. The standard InChI is InChI=1S/C23H26N4OS/c1-25(2)20-10-8-18(9-11-20)16-21-22(28)24-23(29-21)27-14-12-26(13-15-27)17-19-6-4-3-5-7-19/h3-11,16H,12-15,17H2,1-2H3/p+1/b21-16+. The first kappa shape index (κ1) is 19.7. The Morgan fingerprint density at radius 2 is 1.76 bits per heavy atom. The van der Waals surface area contributed by atoms with Crippen molar-refractivity contribution in [1.82, 2.24) is 4.90 Å². The quantitative estimate of drug-likeness (QED) is 0.789. The lowest BCUT2D eigenvalue weighted by atomic mass is 10.2. The summed E-state index contributed by atoms with van der Waals surface area (Å²) in [5, 5.41) is 0.852. The molecular formula is C23H27N4OS+. The number of anilines is 1. The number of nitrogens with one attached hydrogen (secondary N) is 1. The van der Waals surface area contributed by atoms with Crippen molar-refractivity contribution >= 4 is 34.6 Å². The van der Waals surface area contributed by atoms with E-state index < -0.39 is 0 Å². The van der Waals surface area contributed by atoms with Crippen LogP contribution in [-0.4, -0.2) is 56.2 Å². The lowest BCUT2D eigenvalue weighted by Gasteiger charge is -2.32. The van der Waals surface area contributed by atoms with E-state index in [2.05, 4.69) is 57.3 Å². The van der Waals surface area contributed by atoms with Crippen LogP contribution in [0.2, 0.25) is 0 Å². The van der Waals surface area contributed by atoms with Gasteiger partial charge in [-0.25, -0.2) is 0 Å². The first-order valence-electron chi connectivity index (χ1n) is 10.0. The molecule has 6 heteroatoms. The van der Waals surface area contributed by atoms with Gasteiger partial charge in [0.1, 0.15) is 6.54 Å². The SMILES string of the molecule is CN(C)c1ccc(/C=C2/SC(N3CC[NH+](Cc4ccccc4)CC3)=NC2=O)cc1. The zero-order valence-corrected chi connectivity index (χ0v) is 17.8. The van der Waals surface area contributed by atoms with Crippen LogP contribution < -0.4 is 9.80 Å². The maximum absolute atomic E-state index is 12.4. The summed E-state index contributed by atoms with van der Waals surface area (Å²) in [6, 6.07) is 18.9. The van der Waals surface area contributed by atoms with Crippen LogP contribution >= 0.6 is 11.8 Å². The van der Waals surface area contributed by atoms with Crippen LogP contribution in [0, 0.1) is 0 Å². The van der Waals surface area contributed by atoms with Crippen molar-refractivity contribution in [2.75, 3.05) is 45.2 Å². The van der Waals surface area contributed by atoms with Crippen LogP contribution in [0.5, 0.6) is 0 Å². The lowest BCUT2D eigenvalue weighted by Crippen LogP contribution is -3.13. The molecule has 0 spiro atoms. The molecule has 2 aliphatic heterocycles. The monoisotopic (exact) mass is 407 g/mol. The predicted octanol–water partition coefficient (Wildman–Crippen LogP) is 2.12. The molecule has 4 rings (SSSR count). The van der Waals surface area contributed by atoms with Crippen molar-refractivity contribution in [2.45, 2.75) is 6.54 Å². The first-order valence-corrected chi connectivity index (χ1v) is 10.8. The molecule has 1 amide bonds. The summed E-state index contributed by atoms with van der Waals surface area (Å²) in [6.45, 7) is 5.06. The molecule has 2 aliphatic rings. The molecule has 0 atom stereocenters. The van der Waals surface area contributed by atoms with E-state index >= 15 is 0 Å². The van der Waals surface area contributed by atoms with Gasteiger partial charge in [-0.05, 0) is 35.5 Å². The number of nitrogens with zero attached hydrogens (tertiary/aromatic N) is 3. The number of rotatable bonds is 4. The normalized spacial score (nSPS) is 19.0. The molecule has 1 saturated heterocycles. The Kier molecular flexibility index (Phi) is 6.02. The predicted molar refractivity (Wildman–Crippen MR) is 121 cm³/mol. The summed E-state index contributed by atoms with van der Waals surface area (Å²) in [5.41, 5.74) is 3.55. The fourth-order valence-corrected chi connectivity index (χ4v) is 4.59. The number of aliphatic imine (C=N–C) groups is 1. The Balaban J connectivity index is 1.34. The molecule has 5 nitrogen and oxygen atoms in total. The van der Waals surface area contributed by atoms with Gasteiger partial charge in [-0.3, -0.25) is 4.79 Å². The highest BCUT2D eigenvalue weighted by Crippen LogP contribution is 2.30. The Hall–Kier alpha value is -2.57. The summed E-state index contributed by atoms with van der Waals surface area (Å²) < 4.78 is 0. The fourth-order valence-electron chi connectivity index (χ4n) is 3.63. The van der Waals surface area contributed by atoms with Crippen molar-refractivity contribution in [3.63, 3.8) is 0 Å². The van der Waals surface area contributed by atoms with Gasteiger partial charge in [0.05, 0.1) is 31.1 Å². The van der Waals surface area contributed by atoms with E-state index in [0.717, 1.165) is 49.1 Å². The van der Waals surface area contributed by atoms with Crippen LogP contribution in [0.15, 0.2) is 64.5 Å². The van der Waals surface area contributed by atoms with E-state index in [-0.39, 0.29) is 5.91 Å². The molecule has 2 heterocycles. The van der Waals surface area contributed by atoms with Gasteiger partial charge in [0.2, 0.25) is 0 Å². The smallest absolute Gasteiger partial charge is 0.286 e. The Labute approximate surface area is 176 Å². The van der Waals surface area contributed by atoms with Gasteiger partial charge < -0.3 is 14.7 Å². The van der Waals surface area contributed by atoms with Crippen LogP contribution in [0.4, 0.5) is 5.69 Å². The molecule has 2 aromatic carbocycles. The van der Waals surface area contributed by atoms with E-state index in [1.54, 1.807) is 4.90 Å². The molecule has 2 aromatic rings. The third kappa shape index (κ3) is 4.89. The second-order valence-electron chi connectivity index (χ2n) is 7.70. The van der Waals surface area contributed by atoms with Gasteiger partial charge in [-0.2, -0.15) is 4.99 Å². The van der Waals surface area contributed by atoms with E-state index in [1.807, 2.05) is 32.3 Å². The molecule has 0 aromatic heterocycles. The van der Waals surface area contributed by atoms with Gasteiger partial charge in [-0.15, -0.1) is 0 Å². The first-order chi connectivity index (χ1) is 14.1. The molecule has 150 valence electrons. The van der Waals surface area contributed by atoms with Gasteiger partial charge in [-0.1, -0.05) is 42.5 Å². The molecule has 1 N–H and O–H groups in total. The summed E-state index contributed by atoms with van der Waals surface area (Å²) >= 11 is 1.50. The molecule has 0 saturated carbocycles. The minimum absolute atomic E-state index is 0.124. The number of hydrogen-bond donors (Lipinski definition) is 1. The van der Waals surface area contributed by atoms with Crippen LogP contribution in [-0.2, 0) is 11.3 Å². The van der Waals surface area contributed by atoms with Crippen molar-refractivity contribution < 1.29 is 9.69 Å². The van der Waals surface area contributed by atoms with Crippen LogP contribution in [0.25, 0.3) is 6.08 Å². The lowest BCUT2D eigenvalue weighted by molar-refractivity contribution is -0.917. The Morgan fingerprint density at radius 1 is 1.07 bits per heavy atom. The number of benzene rings is 2. The molecule has 0 aliphatic carbocycles. The Morgan fingerprint density at radius 3 is 2.41 bits per heavy atom. The van der Waals surface area contributed by atoms with Crippen LogP contribution in [0.1, 0.15) is 11.1 Å². The molecule has 1 fully saturated rings. The van der Waals surface area contributed by atoms with Gasteiger partial charge >= 0.3 is 0 Å². The molecular weight excluding hydrogens is 380 g/mol. The van der Waals surface area contributed by atoms with Crippen LogP contribution in [0.3, 0.4) is 0 Å². The van der Waals surface area contributed by atoms with E-state index in [4.69, 9.17) is 0 Å². The third-order valence-corrected chi connectivity index (χ3v) is 6.40. The minimum atomic E-state index is -0.124. The average molecular weight is 408 g/mol. The highest BCUT2D eigenvalue weighted by atomic mass is 32.2. The number of carbonyl (C=O) groups excluding carboxylic acids is 1. The van der Waals surface area contributed by atoms with E-state index in [0.29, 0.717) is 4.91 Å². The van der Waals surface area contributed by atoms with Gasteiger partial charge in [0, 0.05) is 25.3 Å². The van der Waals surface area contributed by atoms with Gasteiger partial charge in [0.25, 0.3) is 5.91 Å². The molecule has 0 unspecified atom stereocenters. The van der Waals surface area contributed by atoms with E-state index in [1.165, 1.54) is 17.3 Å². The third-order valence-electron chi connectivity index (χ3n) is 5.35. The summed E-state index contributed by atoms with van der Waals surface area (Å²) in [4.78, 5) is 23.3. The van der Waals surface area contributed by atoms with Gasteiger partial charge in [0.15, 0.2) is 5.17 Å². The second kappa shape index (κ2) is 8.84. The van der Waals surface area contributed by atoms with Crippen molar-refractivity contribution in [3.8, 4) is 0 Å². The zero-order valence-electron chi connectivity index (χ0n) is 17.0. The summed E-state index contributed by atoms with van der Waals surface area (Å²) in [6.07, 6.45) is 1.94. The molecule has 0 radical (unpaired) electrons. The Bertz CT molecular complexity index is 914. The minimum Gasteiger partial charge on any atom is -0.378 e. The van der Waals surface area contributed by atoms with Crippen molar-refractivity contribution in [2.24, 2.45) is 4.99 Å². The van der Waals surface area contributed by atoms with Crippen molar-refractivity contribution in [3.05, 3.63) is 70.6 Å². The second-order valence-corrected chi connectivity index (χ2v) is 8.70. The maximum Gasteiger partial charge on any atom is 0.286 e. The number of quaternary nitrogens is 1. The number of carbonyl (C=O) groups is 1. The average Bonchev–Trinajstić information content (AvgIpc) is 3.10. The number of thioether (sulfide) groups is 1. The number of hydrogen-bond acceptors (Lipinski definition) is 4. The molecule has 0 bridgehead atoms. The number of piperazine rings is 1. The fraction of sp³-hybridized carbons (Fsp3) is 0.304. The summed E-state index contributed by atoms with van der Waals surface area (Å²) in [7, 11) is 4.04. The van der Waals surface area contributed by atoms with Crippen molar-refractivity contribution in [1.29, 1.82) is 0 Å². The summed E-state index contributed by atoms with van der Waals surface area (Å²) in [5.74, 6) is -0.124. The topological polar surface area (TPSA) is 40.4 Å². The maximum atomic E-state index is 12.4.